The molecule has 1 N–H and O–H groups in total. The van der Waals surface area contributed by atoms with Gasteiger partial charge in [-0.05, 0) is 75.4 Å². The van der Waals surface area contributed by atoms with Crippen LogP contribution >= 0.6 is 0 Å². The van der Waals surface area contributed by atoms with Crippen molar-refractivity contribution in [2.24, 2.45) is 0 Å². The van der Waals surface area contributed by atoms with E-state index in [0.717, 1.165) is 68.2 Å². The SMILES string of the molecule is CC1(C)c2ccccc2N2c3c(cccc31)Bc1c(-c3c(Nc4cccc5oc6ccccc6c45)ccc4ccccc34)cc3c(oc4ccccc43)c12. The van der Waals surface area contributed by atoms with Crippen molar-refractivity contribution in [3.05, 3.63) is 163 Å². The molecule has 2 aromatic heterocycles. The van der Waals surface area contributed by atoms with Crippen molar-refractivity contribution in [2.75, 3.05) is 10.2 Å². The maximum absolute atomic E-state index is 6.95. The first-order valence-electron chi connectivity index (χ1n) is 18.7. The number of hydrogen-bond acceptors (Lipinski definition) is 4. The van der Waals surface area contributed by atoms with Gasteiger partial charge in [-0.2, -0.15) is 0 Å². The van der Waals surface area contributed by atoms with Gasteiger partial charge in [0.15, 0.2) is 12.9 Å². The predicted octanol–water partition coefficient (Wildman–Crippen LogP) is 11.9. The van der Waals surface area contributed by atoms with Gasteiger partial charge in [-0.15, -0.1) is 0 Å². The van der Waals surface area contributed by atoms with Crippen molar-refractivity contribution in [2.45, 2.75) is 19.3 Å². The highest BCUT2D eigenvalue weighted by Gasteiger charge is 2.42. The van der Waals surface area contributed by atoms with Crippen LogP contribution < -0.4 is 21.1 Å². The molecule has 0 bridgehead atoms. The van der Waals surface area contributed by atoms with Crippen LogP contribution in [0.5, 0.6) is 0 Å². The lowest BCUT2D eigenvalue weighted by Crippen LogP contribution is -2.45. The van der Waals surface area contributed by atoms with Gasteiger partial charge in [0.05, 0.1) is 22.4 Å². The summed E-state index contributed by atoms with van der Waals surface area (Å²) in [6.07, 6.45) is 0. The molecule has 12 rings (SSSR count). The molecule has 0 radical (unpaired) electrons. The van der Waals surface area contributed by atoms with E-state index in [2.05, 4.69) is 164 Å². The monoisotopic (exact) mass is 692 g/mol. The van der Waals surface area contributed by atoms with Gasteiger partial charge in [0.2, 0.25) is 0 Å². The van der Waals surface area contributed by atoms with E-state index in [1.807, 2.05) is 12.1 Å². The van der Waals surface area contributed by atoms with Gasteiger partial charge in [0.1, 0.15) is 16.7 Å². The van der Waals surface area contributed by atoms with Crippen LogP contribution in [-0.4, -0.2) is 7.28 Å². The number of anilines is 5. The van der Waals surface area contributed by atoms with Crippen molar-refractivity contribution in [3.63, 3.8) is 0 Å². The molecule has 54 heavy (non-hydrogen) atoms. The average molecular weight is 693 g/mol. The maximum Gasteiger partial charge on any atom is 0.198 e. The zero-order chi connectivity index (χ0) is 35.7. The van der Waals surface area contributed by atoms with Crippen LogP contribution in [0.4, 0.5) is 28.4 Å². The Morgan fingerprint density at radius 3 is 2.15 bits per heavy atom. The quantitative estimate of drug-likeness (QED) is 0.187. The third-order valence-electron chi connectivity index (χ3n) is 12.0. The summed E-state index contributed by atoms with van der Waals surface area (Å²) in [6.45, 7) is 4.72. The molecular weight excluding hydrogens is 659 g/mol. The first-order valence-corrected chi connectivity index (χ1v) is 18.7. The lowest BCUT2D eigenvalue weighted by Gasteiger charge is -2.45. The summed E-state index contributed by atoms with van der Waals surface area (Å²) in [6, 6.07) is 54.5. The first kappa shape index (κ1) is 29.8. The van der Waals surface area contributed by atoms with Crippen LogP contribution in [-0.2, 0) is 5.41 Å². The number of benzene rings is 8. The van der Waals surface area contributed by atoms with E-state index in [1.54, 1.807) is 0 Å². The molecule has 0 fully saturated rings. The third-order valence-corrected chi connectivity index (χ3v) is 12.0. The second-order valence-corrected chi connectivity index (χ2v) is 15.3. The van der Waals surface area contributed by atoms with E-state index < -0.39 is 0 Å². The van der Waals surface area contributed by atoms with Crippen molar-refractivity contribution in [1.29, 1.82) is 0 Å². The number of hydrogen-bond donors (Lipinski definition) is 1. The van der Waals surface area contributed by atoms with E-state index in [1.165, 1.54) is 55.3 Å². The molecule has 4 nitrogen and oxygen atoms in total. The smallest absolute Gasteiger partial charge is 0.198 e. The minimum atomic E-state index is -0.161. The van der Waals surface area contributed by atoms with E-state index in [-0.39, 0.29) is 5.41 Å². The molecule has 0 spiro atoms. The molecule has 8 aromatic carbocycles. The van der Waals surface area contributed by atoms with Gasteiger partial charge in [0, 0.05) is 38.5 Å². The van der Waals surface area contributed by atoms with Crippen molar-refractivity contribution >= 4 is 101 Å². The summed E-state index contributed by atoms with van der Waals surface area (Å²) in [7, 11) is 0.778. The number of nitrogens with one attached hydrogen (secondary N) is 1. The lowest BCUT2D eigenvalue weighted by atomic mass is 9.55. The standard InChI is InChI=1S/C49H33BN2O2/c1-49(2)34-17-7-8-21-39(34)52-46-35(49)18-11-19-36(46)50-45-33(27-32-30-15-5-9-22-40(30)54-48(32)47(45)52)43-29-14-4-3-13-28(29)25-26-38(43)51-37-20-12-24-42-44(37)31-16-6-10-23-41(31)53-42/h3-27,50-51H,1-2H3. The highest BCUT2D eigenvalue weighted by Crippen LogP contribution is 2.54. The van der Waals surface area contributed by atoms with Gasteiger partial charge in [0.25, 0.3) is 0 Å². The van der Waals surface area contributed by atoms with Crippen LogP contribution in [0.15, 0.2) is 160 Å². The van der Waals surface area contributed by atoms with Gasteiger partial charge in [-0.1, -0.05) is 129 Å². The molecule has 0 saturated carbocycles. The maximum atomic E-state index is 6.95. The predicted molar refractivity (Wildman–Crippen MR) is 227 cm³/mol. The zero-order valence-corrected chi connectivity index (χ0v) is 29.9. The highest BCUT2D eigenvalue weighted by atomic mass is 16.3. The van der Waals surface area contributed by atoms with Gasteiger partial charge in [-0.3, -0.25) is 0 Å². The molecule has 254 valence electrons. The number of furan rings is 2. The fourth-order valence-electron chi connectivity index (χ4n) is 9.60. The Morgan fingerprint density at radius 1 is 0.556 bits per heavy atom. The first-order chi connectivity index (χ1) is 26.5. The lowest BCUT2D eigenvalue weighted by molar-refractivity contribution is 0.631. The molecule has 4 heterocycles. The highest BCUT2D eigenvalue weighted by molar-refractivity contribution is 6.74. The number of para-hydroxylation sites is 4. The summed E-state index contributed by atoms with van der Waals surface area (Å²) in [5.41, 5.74) is 16.7. The molecule has 0 unspecified atom stereocenters. The number of nitrogens with zero attached hydrogens (tertiary/aromatic N) is 1. The molecule has 0 atom stereocenters. The summed E-state index contributed by atoms with van der Waals surface area (Å²) in [4.78, 5) is 2.52. The molecule has 0 amide bonds. The van der Waals surface area contributed by atoms with E-state index in [9.17, 15) is 0 Å². The molecule has 5 heteroatoms. The van der Waals surface area contributed by atoms with Gasteiger partial charge < -0.3 is 19.1 Å². The fourth-order valence-corrected chi connectivity index (χ4v) is 9.60. The van der Waals surface area contributed by atoms with Crippen LogP contribution in [0.2, 0.25) is 0 Å². The molecule has 2 aliphatic heterocycles. The molecular formula is C49H33BN2O2. The summed E-state index contributed by atoms with van der Waals surface area (Å²) < 4.78 is 13.3. The Bertz CT molecular complexity index is 3220. The van der Waals surface area contributed by atoms with E-state index in [0.29, 0.717) is 0 Å². The Balaban J connectivity index is 1.20. The normalized spacial score (nSPS) is 14.0. The Morgan fingerprint density at radius 2 is 1.26 bits per heavy atom. The minimum Gasteiger partial charge on any atom is -0.456 e. The van der Waals surface area contributed by atoms with Crippen LogP contribution in [0, 0.1) is 0 Å². The average Bonchev–Trinajstić information content (AvgIpc) is 3.78. The Labute approximate surface area is 312 Å². The van der Waals surface area contributed by atoms with Crippen molar-refractivity contribution in [1.82, 2.24) is 0 Å². The minimum absolute atomic E-state index is 0.161. The van der Waals surface area contributed by atoms with E-state index >= 15 is 0 Å². The fraction of sp³-hybridized carbons (Fsp3) is 0.0612. The van der Waals surface area contributed by atoms with Crippen molar-refractivity contribution < 1.29 is 8.83 Å². The number of rotatable bonds is 3. The van der Waals surface area contributed by atoms with Gasteiger partial charge in [-0.25, -0.2) is 0 Å². The molecule has 0 saturated heterocycles. The van der Waals surface area contributed by atoms with Crippen molar-refractivity contribution in [3.8, 4) is 11.1 Å². The second-order valence-electron chi connectivity index (χ2n) is 15.3. The van der Waals surface area contributed by atoms with Gasteiger partial charge >= 0.3 is 0 Å². The molecule has 10 aromatic rings. The molecule has 0 aliphatic carbocycles. The van der Waals surface area contributed by atoms with Crippen LogP contribution in [0.25, 0.3) is 65.8 Å². The zero-order valence-electron chi connectivity index (χ0n) is 29.9. The largest absolute Gasteiger partial charge is 0.456 e. The Kier molecular flexibility index (Phi) is 5.90. The van der Waals surface area contributed by atoms with Crippen LogP contribution in [0.1, 0.15) is 25.0 Å². The molecule has 2 aliphatic rings. The Hall–Kier alpha value is -6.72. The third kappa shape index (κ3) is 3.93. The number of fused-ring (bicyclic) bond motifs is 12. The van der Waals surface area contributed by atoms with E-state index in [4.69, 9.17) is 8.83 Å². The summed E-state index contributed by atoms with van der Waals surface area (Å²) in [5, 5.41) is 10.8. The summed E-state index contributed by atoms with van der Waals surface area (Å²) in [5.74, 6) is 0. The topological polar surface area (TPSA) is 41.5 Å². The van der Waals surface area contributed by atoms with Crippen LogP contribution in [0.3, 0.4) is 0 Å². The summed E-state index contributed by atoms with van der Waals surface area (Å²) >= 11 is 0. The second kappa shape index (κ2) is 10.7.